The second-order valence-corrected chi connectivity index (χ2v) is 8.00. The zero-order chi connectivity index (χ0) is 20.4. The molecule has 148 valence electrons. The van der Waals surface area contributed by atoms with E-state index in [9.17, 15) is 4.79 Å². The molecule has 29 heavy (non-hydrogen) atoms. The van der Waals surface area contributed by atoms with Crippen molar-refractivity contribution in [3.63, 3.8) is 0 Å². The first-order valence-electron chi connectivity index (χ1n) is 8.80. The summed E-state index contributed by atoms with van der Waals surface area (Å²) in [6, 6.07) is 12.1. The lowest BCUT2D eigenvalue weighted by Gasteiger charge is -2.06. The number of methoxy groups -OCH3 is 1. The molecule has 8 nitrogen and oxygen atoms in total. The minimum atomic E-state index is -0.172. The van der Waals surface area contributed by atoms with E-state index in [0.29, 0.717) is 40.8 Å². The highest BCUT2D eigenvalue weighted by Gasteiger charge is 2.13. The SMILES string of the molecule is COc1ccc(COc2ccc3oc(-c4ccc(=O)n(C(C)I)n4)nc3c2)nc1. The molecule has 0 bridgehead atoms. The predicted octanol–water partition coefficient (Wildman–Crippen LogP) is 3.99. The van der Waals surface area contributed by atoms with E-state index in [0.717, 1.165) is 5.69 Å². The van der Waals surface area contributed by atoms with Gasteiger partial charge in [0, 0.05) is 12.1 Å². The van der Waals surface area contributed by atoms with Crippen molar-refractivity contribution in [1.29, 1.82) is 0 Å². The minimum Gasteiger partial charge on any atom is -0.495 e. The number of benzene rings is 1. The number of oxazole rings is 1. The lowest BCUT2D eigenvalue weighted by molar-refractivity contribution is 0.301. The molecule has 4 rings (SSSR count). The van der Waals surface area contributed by atoms with Crippen LogP contribution in [0.15, 0.2) is 57.9 Å². The van der Waals surface area contributed by atoms with E-state index in [-0.39, 0.29) is 9.61 Å². The van der Waals surface area contributed by atoms with E-state index in [1.165, 1.54) is 10.7 Å². The Kier molecular flexibility index (Phi) is 5.47. The molecule has 1 atom stereocenters. The first-order chi connectivity index (χ1) is 14.0. The lowest BCUT2D eigenvalue weighted by atomic mass is 10.3. The first kappa shape index (κ1) is 19.4. The average Bonchev–Trinajstić information content (AvgIpc) is 3.16. The molecule has 1 unspecified atom stereocenters. The number of ether oxygens (including phenoxy) is 2. The van der Waals surface area contributed by atoms with Crippen LogP contribution >= 0.6 is 22.6 Å². The Morgan fingerprint density at radius 2 is 2.00 bits per heavy atom. The number of alkyl halides is 1. The third-order valence-electron chi connectivity index (χ3n) is 4.16. The van der Waals surface area contributed by atoms with Gasteiger partial charge in [0.25, 0.3) is 5.56 Å². The summed E-state index contributed by atoms with van der Waals surface area (Å²) < 4.78 is 18.0. The summed E-state index contributed by atoms with van der Waals surface area (Å²) in [6.07, 6.45) is 1.65. The molecule has 0 saturated carbocycles. The van der Waals surface area contributed by atoms with Crippen LogP contribution in [0.25, 0.3) is 22.7 Å². The van der Waals surface area contributed by atoms with Crippen molar-refractivity contribution in [2.24, 2.45) is 0 Å². The fourth-order valence-electron chi connectivity index (χ4n) is 2.68. The summed E-state index contributed by atoms with van der Waals surface area (Å²) in [5.41, 5.74) is 2.36. The zero-order valence-electron chi connectivity index (χ0n) is 15.7. The van der Waals surface area contributed by atoms with Crippen LogP contribution in [0.4, 0.5) is 0 Å². The molecule has 3 heterocycles. The Labute approximate surface area is 179 Å². The molecular weight excluding hydrogens is 487 g/mol. The Balaban J connectivity index is 1.56. The van der Waals surface area contributed by atoms with Crippen molar-refractivity contribution >= 4 is 33.7 Å². The Hall–Kier alpha value is -2.95. The summed E-state index contributed by atoms with van der Waals surface area (Å²) in [5, 5.41) is 4.34. The Bertz CT molecular complexity index is 1200. The van der Waals surface area contributed by atoms with Crippen LogP contribution in [-0.2, 0) is 6.61 Å². The number of hydrogen-bond acceptors (Lipinski definition) is 7. The molecule has 0 spiro atoms. The van der Waals surface area contributed by atoms with Crippen LogP contribution < -0.4 is 15.0 Å². The van der Waals surface area contributed by atoms with Crippen LogP contribution in [0.3, 0.4) is 0 Å². The number of pyridine rings is 1. The van der Waals surface area contributed by atoms with E-state index in [1.54, 1.807) is 31.5 Å². The van der Waals surface area contributed by atoms with Gasteiger partial charge in [-0.25, -0.2) is 9.67 Å². The van der Waals surface area contributed by atoms with Gasteiger partial charge in [0.1, 0.15) is 33.4 Å². The summed E-state index contributed by atoms with van der Waals surface area (Å²) in [4.78, 5) is 20.7. The molecule has 0 N–H and O–H groups in total. The maximum atomic E-state index is 11.9. The Morgan fingerprint density at radius 3 is 2.72 bits per heavy atom. The molecule has 0 amide bonds. The molecule has 3 aromatic heterocycles. The summed E-state index contributed by atoms with van der Waals surface area (Å²) in [5.74, 6) is 1.69. The highest BCUT2D eigenvalue weighted by Crippen LogP contribution is 2.26. The number of aromatic nitrogens is 4. The van der Waals surface area contributed by atoms with Gasteiger partial charge in [0.2, 0.25) is 5.89 Å². The van der Waals surface area contributed by atoms with Crippen molar-refractivity contribution in [1.82, 2.24) is 19.7 Å². The number of fused-ring (bicyclic) bond motifs is 1. The molecule has 0 saturated heterocycles. The zero-order valence-corrected chi connectivity index (χ0v) is 17.9. The quantitative estimate of drug-likeness (QED) is 0.290. The molecule has 0 radical (unpaired) electrons. The topological polar surface area (TPSA) is 92.3 Å². The van der Waals surface area contributed by atoms with Gasteiger partial charge >= 0.3 is 0 Å². The first-order valence-corrected chi connectivity index (χ1v) is 10.0. The van der Waals surface area contributed by atoms with Crippen LogP contribution in [0.5, 0.6) is 11.5 Å². The molecule has 0 fully saturated rings. The summed E-state index contributed by atoms with van der Waals surface area (Å²) in [7, 11) is 1.60. The molecule has 4 aromatic rings. The predicted molar refractivity (Wildman–Crippen MR) is 115 cm³/mol. The van der Waals surface area contributed by atoms with E-state index in [4.69, 9.17) is 13.9 Å². The van der Waals surface area contributed by atoms with Crippen molar-refractivity contribution < 1.29 is 13.9 Å². The fourth-order valence-corrected chi connectivity index (χ4v) is 3.07. The third-order valence-corrected chi connectivity index (χ3v) is 4.69. The number of nitrogens with zero attached hydrogens (tertiary/aromatic N) is 4. The molecule has 9 heteroatoms. The van der Waals surface area contributed by atoms with Gasteiger partial charge in [0.15, 0.2) is 5.58 Å². The summed E-state index contributed by atoms with van der Waals surface area (Å²) >= 11 is 2.13. The summed E-state index contributed by atoms with van der Waals surface area (Å²) in [6.45, 7) is 2.20. The van der Waals surface area contributed by atoms with Crippen molar-refractivity contribution in [2.75, 3.05) is 7.11 Å². The largest absolute Gasteiger partial charge is 0.495 e. The van der Waals surface area contributed by atoms with E-state index < -0.39 is 0 Å². The monoisotopic (exact) mass is 504 g/mol. The second kappa shape index (κ2) is 8.19. The Morgan fingerprint density at radius 1 is 1.17 bits per heavy atom. The third kappa shape index (κ3) is 4.24. The van der Waals surface area contributed by atoms with Crippen LogP contribution in [0.1, 0.15) is 16.7 Å². The smallest absolute Gasteiger partial charge is 0.267 e. The molecule has 0 aliphatic carbocycles. The minimum absolute atomic E-state index is 0.0870. The highest BCUT2D eigenvalue weighted by atomic mass is 127. The molecule has 0 aliphatic heterocycles. The van der Waals surface area contributed by atoms with Gasteiger partial charge in [-0.05, 0) is 37.3 Å². The van der Waals surface area contributed by atoms with Crippen molar-refractivity contribution in [2.45, 2.75) is 17.6 Å². The number of rotatable bonds is 6. The number of hydrogen-bond donors (Lipinski definition) is 0. The van der Waals surface area contributed by atoms with Crippen LogP contribution in [0.2, 0.25) is 0 Å². The van der Waals surface area contributed by atoms with Gasteiger partial charge < -0.3 is 13.9 Å². The van der Waals surface area contributed by atoms with E-state index in [2.05, 4.69) is 37.7 Å². The van der Waals surface area contributed by atoms with E-state index >= 15 is 0 Å². The van der Waals surface area contributed by atoms with Gasteiger partial charge in [-0.1, -0.05) is 22.6 Å². The van der Waals surface area contributed by atoms with Gasteiger partial charge in [-0.3, -0.25) is 9.78 Å². The van der Waals surface area contributed by atoms with Gasteiger partial charge in [-0.2, -0.15) is 5.10 Å². The average molecular weight is 504 g/mol. The van der Waals surface area contributed by atoms with Crippen molar-refractivity contribution in [3.05, 3.63) is 64.7 Å². The molecule has 1 aromatic carbocycles. The lowest BCUT2D eigenvalue weighted by Crippen LogP contribution is -2.22. The second-order valence-electron chi connectivity index (χ2n) is 6.20. The van der Waals surface area contributed by atoms with Crippen LogP contribution in [0, 0.1) is 0 Å². The van der Waals surface area contributed by atoms with E-state index in [1.807, 2.05) is 25.1 Å². The van der Waals surface area contributed by atoms with Crippen molar-refractivity contribution in [3.8, 4) is 23.1 Å². The highest BCUT2D eigenvalue weighted by molar-refractivity contribution is 14.1. The van der Waals surface area contributed by atoms with Gasteiger partial charge in [-0.15, -0.1) is 0 Å². The maximum Gasteiger partial charge on any atom is 0.267 e. The normalized spacial score (nSPS) is 12.1. The molecule has 0 aliphatic rings. The standard InChI is InChI=1S/C20H17IN4O4/c1-12(21)25-19(26)8-6-16(24-25)20-23-17-9-14(5-7-18(17)29-20)28-11-13-3-4-15(27-2)10-22-13/h3-10,12H,11H2,1-2H3. The van der Waals surface area contributed by atoms with Crippen LogP contribution in [-0.4, -0.2) is 26.9 Å². The number of halogens is 1. The maximum absolute atomic E-state index is 11.9. The fraction of sp³-hybridized carbons (Fsp3) is 0.200. The van der Waals surface area contributed by atoms with Gasteiger partial charge in [0.05, 0.1) is 19.0 Å². The molecular formula is C20H17IN4O4.